The fraction of sp³-hybridized carbons (Fsp3) is 0.846. The fourth-order valence-electron chi connectivity index (χ4n) is 3.36. The molecule has 4 heteroatoms. The van der Waals surface area contributed by atoms with E-state index in [2.05, 4.69) is 0 Å². The van der Waals surface area contributed by atoms with Gasteiger partial charge in [0.15, 0.2) is 0 Å². The summed E-state index contributed by atoms with van der Waals surface area (Å²) in [7, 11) is 0. The summed E-state index contributed by atoms with van der Waals surface area (Å²) < 4.78 is 10.9. The van der Waals surface area contributed by atoms with Crippen LogP contribution in [0.25, 0.3) is 0 Å². The number of fused-ring (bicyclic) bond motifs is 1. The maximum atomic E-state index is 11.9. The van der Waals surface area contributed by atoms with Crippen molar-refractivity contribution in [2.75, 3.05) is 0 Å². The van der Waals surface area contributed by atoms with Gasteiger partial charge in [0.05, 0.1) is 11.3 Å². The fourth-order valence-corrected chi connectivity index (χ4v) is 3.36. The van der Waals surface area contributed by atoms with E-state index in [1.807, 2.05) is 20.8 Å². The lowest BCUT2D eigenvalue weighted by molar-refractivity contribution is -0.169. The van der Waals surface area contributed by atoms with Gasteiger partial charge in [-0.05, 0) is 33.6 Å². The van der Waals surface area contributed by atoms with E-state index >= 15 is 0 Å². The standard InChI is InChI=1S/C13H18O4/c1-13(2,3)12(15)17-9-6-4-7-8(5-6)11(14)16-10(7)9/h6-10H,4-5H2,1-3H3/t6-,7?,8?,9?,10?/m0/s1. The molecule has 2 bridgehead atoms. The Hall–Kier alpha value is -1.06. The van der Waals surface area contributed by atoms with Gasteiger partial charge >= 0.3 is 11.9 Å². The number of hydrogen-bond donors (Lipinski definition) is 0. The van der Waals surface area contributed by atoms with E-state index in [9.17, 15) is 9.59 Å². The van der Waals surface area contributed by atoms with E-state index in [0.29, 0.717) is 11.8 Å². The number of carbonyl (C=O) groups excluding carboxylic acids is 2. The molecule has 0 aromatic carbocycles. The zero-order chi connectivity index (χ0) is 12.4. The number of esters is 2. The summed E-state index contributed by atoms with van der Waals surface area (Å²) in [5.41, 5.74) is -0.496. The van der Waals surface area contributed by atoms with Crippen molar-refractivity contribution in [3.63, 3.8) is 0 Å². The normalized spacial score (nSPS) is 42.8. The van der Waals surface area contributed by atoms with Crippen molar-refractivity contribution in [1.82, 2.24) is 0 Å². The molecule has 5 atom stereocenters. The molecule has 0 N–H and O–H groups in total. The lowest BCUT2D eigenvalue weighted by Crippen LogP contribution is -2.38. The zero-order valence-electron chi connectivity index (χ0n) is 10.4. The van der Waals surface area contributed by atoms with Crippen molar-refractivity contribution in [3.05, 3.63) is 0 Å². The molecule has 3 fully saturated rings. The van der Waals surface area contributed by atoms with E-state index in [4.69, 9.17) is 9.47 Å². The van der Waals surface area contributed by atoms with E-state index in [-0.39, 0.29) is 30.1 Å². The Labute approximate surface area is 101 Å². The van der Waals surface area contributed by atoms with Crippen LogP contribution in [0.1, 0.15) is 33.6 Å². The highest BCUT2D eigenvalue weighted by Gasteiger charge is 2.63. The molecule has 0 aromatic heterocycles. The molecule has 3 rings (SSSR count). The summed E-state index contributed by atoms with van der Waals surface area (Å²) in [6, 6.07) is 0. The van der Waals surface area contributed by atoms with Crippen LogP contribution in [0.15, 0.2) is 0 Å². The minimum Gasteiger partial charge on any atom is -0.458 e. The molecular formula is C13H18O4. The number of hydrogen-bond acceptors (Lipinski definition) is 4. The van der Waals surface area contributed by atoms with Crippen LogP contribution in [0.3, 0.4) is 0 Å². The van der Waals surface area contributed by atoms with Crippen molar-refractivity contribution in [3.8, 4) is 0 Å². The van der Waals surface area contributed by atoms with Crippen LogP contribution in [0.4, 0.5) is 0 Å². The Morgan fingerprint density at radius 1 is 1.35 bits per heavy atom. The molecule has 17 heavy (non-hydrogen) atoms. The summed E-state index contributed by atoms with van der Waals surface area (Å²) in [4.78, 5) is 23.4. The van der Waals surface area contributed by atoms with Crippen LogP contribution < -0.4 is 0 Å². The highest BCUT2D eigenvalue weighted by molar-refractivity contribution is 5.78. The summed E-state index contributed by atoms with van der Waals surface area (Å²) in [5, 5.41) is 0. The van der Waals surface area contributed by atoms with Crippen molar-refractivity contribution in [2.45, 2.75) is 45.8 Å². The number of ether oxygens (including phenoxy) is 2. The molecule has 4 unspecified atom stereocenters. The third-order valence-electron chi connectivity index (χ3n) is 4.27. The van der Waals surface area contributed by atoms with Gasteiger partial charge in [-0.3, -0.25) is 9.59 Å². The highest BCUT2D eigenvalue weighted by atomic mass is 16.6. The van der Waals surface area contributed by atoms with Crippen molar-refractivity contribution >= 4 is 11.9 Å². The predicted molar refractivity (Wildman–Crippen MR) is 58.9 cm³/mol. The van der Waals surface area contributed by atoms with Crippen LogP contribution in [0.5, 0.6) is 0 Å². The topological polar surface area (TPSA) is 52.6 Å². The van der Waals surface area contributed by atoms with Crippen LogP contribution >= 0.6 is 0 Å². The summed E-state index contributed by atoms with van der Waals surface area (Å²) in [6.45, 7) is 5.52. The average molecular weight is 238 g/mol. The summed E-state index contributed by atoms with van der Waals surface area (Å²) in [6.07, 6.45) is 1.44. The summed E-state index contributed by atoms with van der Waals surface area (Å²) in [5.74, 6) is 0.416. The van der Waals surface area contributed by atoms with Gasteiger partial charge in [0.1, 0.15) is 12.2 Å². The molecule has 1 saturated heterocycles. The Morgan fingerprint density at radius 3 is 2.71 bits per heavy atom. The smallest absolute Gasteiger partial charge is 0.311 e. The first kappa shape index (κ1) is 11.1. The monoisotopic (exact) mass is 238 g/mol. The maximum absolute atomic E-state index is 11.9. The first-order valence-corrected chi connectivity index (χ1v) is 6.29. The van der Waals surface area contributed by atoms with Crippen LogP contribution in [0.2, 0.25) is 0 Å². The second-order valence-electron chi connectivity index (χ2n) is 6.52. The highest BCUT2D eigenvalue weighted by Crippen LogP contribution is 2.55. The molecule has 2 aliphatic carbocycles. The van der Waals surface area contributed by atoms with E-state index < -0.39 is 5.41 Å². The van der Waals surface area contributed by atoms with E-state index in [0.717, 1.165) is 12.8 Å². The Balaban J connectivity index is 1.75. The molecule has 2 saturated carbocycles. The first-order valence-electron chi connectivity index (χ1n) is 6.29. The molecule has 0 radical (unpaired) electrons. The molecule has 1 heterocycles. The average Bonchev–Trinajstić information content (AvgIpc) is 2.80. The zero-order valence-corrected chi connectivity index (χ0v) is 10.4. The van der Waals surface area contributed by atoms with E-state index in [1.54, 1.807) is 0 Å². The molecule has 3 aliphatic rings. The molecular weight excluding hydrogens is 220 g/mol. The van der Waals surface area contributed by atoms with Gasteiger partial charge < -0.3 is 9.47 Å². The van der Waals surface area contributed by atoms with Gasteiger partial charge in [-0.25, -0.2) is 0 Å². The minimum absolute atomic E-state index is 0.0783. The largest absolute Gasteiger partial charge is 0.458 e. The third kappa shape index (κ3) is 1.49. The van der Waals surface area contributed by atoms with Gasteiger partial charge in [-0.2, -0.15) is 0 Å². The van der Waals surface area contributed by atoms with Crippen molar-refractivity contribution in [1.29, 1.82) is 0 Å². The lowest BCUT2D eigenvalue weighted by atomic mass is 9.87. The molecule has 4 nitrogen and oxygen atoms in total. The van der Waals surface area contributed by atoms with Crippen molar-refractivity contribution in [2.24, 2.45) is 23.2 Å². The lowest BCUT2D eigenvalue weighted by Gasteiger charge is -2.28. The van der Waals surface area contributed by atoms with Gasteiger partial charge in [0, 0.05) is 11.8 Å². The number of rotatable bonds is 1. The molecule has 0 amide bonds. The third-order valence-corrected chi connectivity index (χ3v) is 4.27. The minimum atomic E-state index is -0.496. The molecule has 0 aromatic rings. The second kappa shape index (κ2) is 3.24. The quantitative estimate of drug-likeness (QED) is 0.650. The Morgan fingerprint density at radius 2 is 2.06 bits per heavy atom. The van der Waals surface area contributed by atoms with Crippen LogP contribution in [-0.4, -0.2) is 24.1 Å². The second-order valence-corrected chi connectivity index (χ2v) is 6.52. The maximum Gasteiger partial charge on any atom is 0.311 e. The van der Waals surface area contributed by atoms with Gasteiger partial charge in [0.25, 0.3) is 0 Å². The predicted octanol–water partition coefficient (Wildman–Crippen LogP) is 1.53. The number of carbonyl (C=O) groups is 2. The van der Waals surface area contributed by atoms with Crippen LogP contribution in [0, 0.1) is 23.2 Å². The Kier molecular flexibility index (Phi) is 2.11. The SMILES string of the molecule is CC(C)(C)C(=O)OC1C2OC(=O)C3C[C@@H]1CC32. The summed E-state index contributed by atoms with van der Waals surface area (Å²) >= 11 is 0. The van der Waals surface area contributed by atoms with Crippen molar-refractivity contribution < 1.29 is 19.1 Å². The van der Waals surface area contributed by atoms with E-state index in [1.165, 1.54) is 0 Å². The van der Waals surface area contributed by atoms with Crippen LogP contribution in [-0.2, 0) is 19.1 Å². The molecule has 0 spiro atoms. The van der Waals surface area contributed by atoms with Gasteiger partial charge in [0.2, 0.25) is 0 Å². The van der Waals surface area contributed by atoms with Gasteiger partial charge in [-0.1, -0.05) is 0 Å². The first-order chi connectivity index (χ1) is 7.88. The Bertz CT molecular complexity index is 381. The van der Waals surface area contributed by atoms with Gasteiger partial charge in [-0.15, -0.1) is 0 Å². The molecule has 94 valence electrons. The molecule has 1 aliphatic heterocycles.